The standard InChI is InChI=1S/C19H19ClN2O3/c20-15-8-9-17-16(13-15)22(19(24)25-17)12-10-18(23)21-11-4-7-14-5-2-1-3-6-14/h1-3,5-6,8-9,13H,4,7,10-12H2,(H,21,23). The number of aromatic nitrogens is 1. The number of oxazole rings is 1. The van der Waals surface area contributed by atoms with Crippen molar-refractivity contribution in [1.29, 1.82) is 0 Å². The molecule has 6 heteroatoms. The fraction of sp³-hybridized carbons (Fsp3) is 0.263. The van der Waals surface area contributed by atoms with Gasteiger partial charge in [0.1, 0.15) is 0 Å². The number of hydrogen-bond acceptors (Lipinski definition) is 3. The first-order chi connectivity index (χ1) is 12.1. The Morgan fingerprint density at radius 1 is 1.16 bits per heavy atom. The molecule has 130 valence electrons. The van der Waals surface area contributed by atoms with Gasteiger partial charge in [-0.05, 0) is 36.6 Å². The van der Waals surface area contributed by atoms with Gasteiger partial charge in [0, 0.05) is 24.5 Å². The van der Waals surface area contributed by atoms with E-state index in [9.17, 15) is 9.59 Å². The summed E-state index contributed by atoms with van der Waals surface area (Å²) in [5.74, 6) is -0.564. The van der Waals surface area contributed by atoms with E-state index < -0.39 is 5.76 Å². The Labute approximate surface area is 150 Å². The lowest BCUT2D eigenvalue weighted by atomic mass is 10.1. The van der Waals surface area contributed by atoms with Crippen LogP contribution in [0.4, 0.5) is 0 Å². The van der Waals surface area contributed by atoms with Crippen LogP contribution in [-0.2, 0) is 17.8 Å². The largest absolute Gasteiger partial charge is 0.419 e. The lowest BCUT2D eigenvalue weighted by Crippen LogP contribution is -2.27. The third kappa shape index (κ3) is 4.51. The van der Waals surface area contributed by atoms with Crippen molar-refractivity contribution in [3.63, 3.8) is 0 Å². The van der Waals surface area contributed by atoms with Gasteiger partial charge in [0.25, 0.3) is 0 Å². The fourth-order valence-electron chi connectivity index (χ4n) is 2.71. The Morgan fingerprint density at radius 2 is 1.96 bits per heavy atom. The quantitative estimate of drug-likeness (QED) is 0.658. The smallest absolute Gasteiger partial charge is 0.408 e. The van der Waals surface area contributed by atoms with Crippen molar-refractivity contribution >= 4 is 28.6 Å². The molecule has 1 heterocycles. The summed E-state index contributed by atoms with van der Waals surface area (Å²) in [4.78, 5) is 23.9. The lowest BCUT2D eigenvalue weighted by molar-refractivity contribution is -0.121. The number of carbonyl (C=O) groups is 1. The normalized spacial score (nSPS) is 10.9. The Hall–Kier alpha value is -2.53. The zero-order valence-electron chi connectivity index (χ0n) is 13.7. The van der Waals surface area contributed by atoms with Crippen molar-refractivity contribution in [1.82, 2.24) is 9.88 Å². The second-order valence-corrected chi connectivity index (χ2v) is 6.26. The highest BCUT2D eigenvalue weighted by Crippen LogP contribution is 2.18. The van der Waals surface area contributed by atoms with Gasteiger partial charge in [-0.2, -0.15) is 0 Å². The van der Waals surface area contributed by atoms with Crippen LogP contribution < -0.4 is 11.1 Å². The molecule has 0 aliphatic rings. The molecule has 0 bridgehead atoms. The summed E-state index contributed by atoms with van der Waals surface area (Å²) >= 11 is 5.96. The van der Waals surface area contributed by atoms with E-state index in [2.05, 4.69) is 17.4 Å². The van der Waals surface area contributed by atoms with Gasteiger partial charge >= 0.3 is 5.76 Å². The molecule has 25 heavy (non-hydrogen) atoms. The van der Waals surface area contributed by atoms with Crippen LogP contribution in [-0.4, -0.2) is 17.0 Å². The van der Waals surface area contributed by atoms with Crippen molar-refractivity contribution in [3.05, 3.63) is 69.7 Å². The highest BCUT2D eigenvalue weighted by atomic mass is 35.5. The molecule has 0 fully saturated rings. The molecule has 0 saturated carbocycles. The number of rotatable bonds is 7. The number of halogens is 1. The van der Waals surface area contributed by atoms with Crippen LogP contribution >= 0.6 is 11.6 Å². The first kappa shape index (κ1) is 17.3. The van der Waals surface area contributed by atoms with E-state index in [0.717, 1.165) is 12.8 Å². The van der Waals surface area contributed by atoms with Crippen LogP contribution in [0, 0.1) is 0 Å². The fourth-order valence-corrected chi connectivity index (χ4v) is 2.88. The van der Waals surface area contributed by atoms with Gasteiger partial charge in [0.05, 0.1) is 5.52 Å². The van der Waals surface area contributed by atoms with Gasteiger partial charge in [0.2, 0.25) is 5.91 Å². The van der Waals surface area contributed by atoms with Crippen molar-refractivity contribution < 1.29 is 9.21 Å². The number of nitrogens with zero attached hydrogens (tertiary/aromatic N) is 1. The predicted octanol–water partition coefficient (Wildman–Crippen LogP) is 3.39. The number of aryl methyl sites for hydroxylation is 2. The summed E-state index contributed by atoms with van der Waals surface area (Å²) in [5.41, 5.74) is 2.33. The Bertz CT molecular complexity index is 915. The molecule has 5 nitrogen and oxygen atoms in total. The van der Waals surface area contributed by atoms with Crippen LogP contribution in [0.2, 0.25) is 5.02 Å². The molecule has 0 atom stereocenters. The number of nitrogens with one attached hydrogen (secondary N) is 1. The average Bonchev–Trinajstić information content (AvgIpc) is 2.92. The predicted molar refractivity (Wildman–Crippen MR) is 97.9 cm³/mol. The van der Waals surface area contributed by atoms with Gasteiger partial charge in [-0.25, -0.2) is 4.79 Å². The summed E-state index contributed by atoms with van der Waals surface area (Å²) in [6.07, 6.45) is 2.01. The first-order valence-corrected chi connectivity index (χ1v) is 8.61. The van der Waals surface area contributed by atoms with E-state index in [0.29, 0.717) is 22.7 Å². The molecule has 3 aromatic rings. The minimum Gasteiger partial charge on any atom is -0.408 e. The summed E-state index contributed by atoms with van der Waals surface area (Å²) < 4.78 is 6.59. The summed E-state index contributed by atoms with van der Waals surface area (Å²) in [6, 6.07) is 15.1. The van der Waals surface area contributed by atoms with Crippen molar-refractivity contribution in [2.24, 2.45) is 0 Å². The average molecular weight is 359 g/mol. The number of hydrogen-bond donors (Lipinski definition) is 1. The lowest BCUT2D eigenvalue weighted by Gasteiger charge is -2.06. The highest BCUT2D eigenvalue weighted by Gasteiger charge is 2.11. The summed E-state index contributed by atoms with van der Waals surface area (Å²) in [6.45, 7) is 0.872. The van der Waals surface area contributed by atoms with E-state index in [1.807, 2.05) is 18.2 Å². The number of benzene rings is 2. The van der Waals surface area contributed by atoms with Gasteiger partial charge in [-0.15, -0.1) is 0 Å². The Balaban J connectivity index is 1.48. The first-order valence-electron chi connectivity index (χ1n) is 8.23. The van der Waals surface area contributed by atoms with Crippen molar-refractivity contribution in [3.8, 4) is 0 Å². The summed E-state index contributed by atoms with van der Waals surface area (Å²) in [5, 5.41) is 3.40. The van der Waals surface area contributed by atoms with Gasteiger partial charge in [0.15, 0.2) is 5.58 Å². The third-order valence-electron chi connectivity index (χ3n) is 4.00. The molecular formula is C19H19ClN2O3. The maximum Gasteiger partial charge on any atom is 0.419 e. The topological polar surface area (TPSA) is 64.2 Å². The van der Waals surface area contributed by atoms with Crippen LogP contribution in [0.15, 0.2) is 57.7 Å². The zero-order valence-corrected chi connectivity index (χ0v) is 14.5. The van der Waals surface area contributed by atoms with Gasteiger partial charge in [-0.3, -0.25) is 9.36 Å². The second-order valence-electron chi connectivity index (χ2n) is 5.82. The Kier molecular flexibility index (Phi) is 5.56. The second kappa shape index (κ2) is 8.03. The highest BCUT2D eigenvalue weighted by molar-refractivity contribution is 6.31. The van der Waals surface area contributed by atoms with Crippen LogP contribution in [0.3, 0.4) is 0 Å². The Morgan fingerprint density at radius 3 is 2.76 bits per heavy atom. The monoisotopic (exact) mass is 358 g/mol. The number of amides is 1. The van der Waals surface area contributed by atoms with Crippen molar-refractivity contribution in [2.75, 3.05) is 6.54 Å². The van der Waals surface area contributed by atoms with E-state index in [1.165, 1.54) is 10.1 Å². The molecule has 0 saturated heterocycles. The molecule has 1 N–H and O–H groups in total. The zero-order chi connectivity index (χ0) is 17.6. The molecule has 0 unspecified atom stereocenters. The maximum absolute atomic E-state index is 12.0. The SMILES string of the molecule is O=C(CCn1c(=O)oc2ccc(Cl)cc21)NCCCc1ccccc1. The van der Waals surface area contributed by atoms with E-state index >= 15 is 0 Å². The summed E-state index contributed by atoms with van der Waals surface area (Å²) in [7, 11) is 0. The number of carbonyl (C=O) groups excluding carboxylic acids is 1. The van der Waals surface area contributed by atoms with Gasteiger partial charge < -0.3 is 9.73 Å². The minimum atomic E-state index is -0.478. The molecule has 0 radical (unpaired) electrons. The third-order valence-corrected chi connectivity index (χ3v) is 4.23. The molecule has 2 aromatic carbocycles. The van der Waals surface area contributed by atoms with E-state index in [1.54, 1.807) is 18.2 Å². The van der Waals surface area contributed by atoms with Crippen LogP contribution in [0.1, 0.15) is 18.4 Å². The molecule has 0 aliphatic carbocycles. The minimum absolute atomic E-state index is 0.0867. The molecule has 0 aliphatic heterocycles. The van der Waals surface area contributed by atoms with Gasteiger partial charge in [-0.1, -0.05) is 41.9 Å². The molecule has 1 amide bonds. The maximum atomic E-state index is 12.0. The number of fused-ring (bicyclic) bond motifs is 1. The molecule has 0 spiro atoms. The molecule has 3 rings (SSSR count). The van der Waals surface area contributed by atoms with Crippen LogP contribution in [0.25, 0.3) is 11.1 Å². The molecule has 1 aromatic heterocycles. The van der Waals surface area contributed by atoms with E-state index in [4.69, 9.17) is 16.0 Å². The molecular weight excluding hydrogens is 340 g/mol. The van der Waals surface area contributed by atoms with Crippen molar-refractivity contribution in [2.45, 2.75) is 25.8 Å². The van der Waals surface area contributed by atoms with E-state index in [-0.39, 0.29) is 18.9 Å². The van der Waals surface area contributed by atoms with Crippen LogP contribution in [0.5, 0.6) is 0 Å².